The Morgan fingerprint density at radius 3 is 2.14 bits per heavy atom. The molecule has 3 aromatic rings. The minimum atomic E-state index is -0.570. The van der Waals surface area contributed by atoms with Gasteiger partial charge < -0.3 is 30.6 Å². The van der Waals surface area contributed by atoms with Crippen molar-refractivity contribution in [1.82, 2.24) is 25.8 Å². The fraction of sp³-hybridized carbons (Fsp3) is 0.370. The van der Waals surface area contributed by atoms with Crippen molar-refractivity contribution in [3.63, 3.8) is 0 Å². The van der Waals surface area contributed by atoms with Crippen LogP contribution in [0.4, 0.5) is 4.79 Å². The zero-order chi connectivity index (χ0) is 26.3. The highest BCUT2D eigenvalue weighted by molar-refractivity contribution is 5.99. The summed E-state index contributed by atoms with van der Waals surface area (Å²) in [6.45, 7) is 7.27. The van der Waals surface area contributed by atoms with Crippen LogP contribution in [0.1, 0.15) is 41.6 Å². The lowest BCUT2D eigenvalue weighted by molar-refractivity contribution is 0.0526. The predicted molar refractivity (Wildman–Crippen MR) is 141 cm³/mol. The van der Waals surface area contributed by atoms with Crippen LogP contribution in [0, 0.1) is 0 Å². The number of carbonyl (C=O) groups is 3. The second kappa shape index (κ2) is 11.7. The highest BCUT2D eigenvalue weighted by Gasteiger charge is 2.16. The van der Waals surface area contributed by atoms with Crippen LogP contribution < -0.4 is 16.0 Å². The number of alkyl carbamates (subject to hydrolysis) is 1. The number of aromatic nitrogens is 1. The van der Waals surface area contributed by atoms with Crippen molar-refractivity contribution < 1.29 is 19.1 Å². The molecule has 0 bridgehead atoms. The topological polar surface area (TPSA) is 116 Å². The first kappa shape index (κ1) is 26.7. The van der Waals surface area contributed by atoms with Crippen LogP contribution >= 0.6 is 0 Å². The summed E-state index contributed by atoms with van der Waals surface area (Å²) in [4.78, 5) is 41.7. The normalized spacial score (nSPS) is 11.4. The van der Waals surface area contributed by atoms with E-state index in [0.29, 0.717) is 17.8 Å². The maximum atomic E-state index is 12.5. The molecule has 192 valence electrons. The number of H-pyrrole nitrogens is 1. The summed E-state index contributed by atoms with van der Waals surface area (Å²) in [5, 5.41) is 9.20. The molecule has 1 heterocycles. The van der Waals surface area contributed by atoms with Gasteiger partial charge in [0.05, 0.1) is 0 Å². The third kappa shape index (κ3) is 7.84. The molecule has 0 radical (unpaired) electrons. The van der Waals surface area contributed by atoms with Crippen LogP contribution in [0.2, 0.25) is 0 Å². The van der Waals surface area contributed by atoms with Gasteiger partial charge >= 0.3 is 6.09 Å². The summed E-state index contributed by atoms with van der Waals surface area (Å²) in [6.07, 6.45) is -0.520. The minimum Gasteiger partial charge on any atom is -0.444 e. The highest BCUT2D eigenvalue weighted by Crippen LogP contribution is 2.25. The second-order valence-corrected chi connectivity index (χ2v) is 9.81. The lowest BCUT2D eigenvalue weighted by atomic mass is 10.0. The van der Waals surface area contributed by atoms with Crippen molar-refractivity contribution in [2.45, 2.75) is 26.4 Å². The number of aromatic amines is 1. The molecule has 4 N–H and O–H groups in total. The third-order valence-corrected chi connectivity index (χ3v) is 5.27. The van der Waals surface area contributed by atoms with E-state index in [4.69, 9.17) is 4.74 Å². The number of ether oxygens (including phenoxy) is 1. The number of hydrogen-bond acceptors (Lipinski definition) is 5. The molecular formula is C27H35N5O4. The first-order valence-electron chi connectivity index (χ1n) is 11.9. The third-order valence-electron chi connectivity index (χ3n) is 5.27. The van der Waals surface area contributed by atoms with E-state index in [1.54, 1.807) is 26.8 Å². The fourth-order valence-corrected chi connectivity index (χ4v) is 3.49. The summed E-state index contributed by atoms with van der Waals surface area (Å²) in [5.41, 5.74) is 3.27. The number of hydrogen-bond donors (Lipinski definition) is 4. The first-order chi connectivity index (χ1) is 17.0. The molecule has 0 aliphatic rings. The number of nitrogens with zero attached hydrogens (tertiary/aromatic N) is 1. The Morgan fingerprint density at radius 1 is 0.833 bits per heavy atom. The van der Waals surface area contributed by atoms with Crippen molar-refractivity contribution in [3.05, 3.63) is 59.8 Å². The molecule has 0 atom stereocenters. The van der Waals surface area contributed by atoms with Gasteiger partial charge in [-0.3, -0.25) is 9.59 Å². The van der Waals surface area contributed by atoms with Gasteiger partial charge in [-0.25, -0.2) is 4.79 Å². The molecule has 9 nitrogen and oxygen atoms in total. The average molecular weight is 494 g/mol. The van der Waals surface area contributed by atoms with Gasteiger partial charge in [0.1, 0.15) is 11.3 Å². The quantitative estimate of drug-likeness (QED) is 0.341. The number of fused-ring (bicyclic) bond motifs is 1. The van der Waals surface area contributed by atoms with Crippen LogP contribution in [0.5, 0.6) is 0 Å². The Balaban J connectivity index is 1.57. The summed E-state index contributed by atoms with van der Waals surface area (Å²) >= 11 is 0. The van der Waals surface area contributed by atoms with Crippen LogP contribution in [-0.4, -0.2) is 73.7 Å². The molecule has 36 heavy (non-hydrogen) atoms. The lowest BCUT2D eigenvalue weighted by Gasteiger charge is -2.19. The Hall–Kier alpha value is -3.85. The standard InChI is InChI=1S/C27H35N5O4/c1-27(2,3)36-26(35)30-13-12-28-25(34)23-17-21-16-20(10-11-22(21)31-23)18-6-8-19(9-7-18)24(33)29-14-15-32(4)5/h6-11,16-17,31H,12-15H2,1-5H3,(H,28,34)(H,29,33)(H,30,35). The average Bonchev–Trinajstić information content (AvgIpc) is 3.24. The number of rotatable bonds is 9. The smallest absolute Gasteiger partial charge is 0.407 e. The Bertz CT molecular complexity index is 1210. The van der Waals surface area contributed by atoms with E-state index >= 15 is 0 Å². The molecular weight excluding hydrogens is 458 g/mol. The van der Waals surface area contributed by atoms with Gasteiger partial charge in [0, 0.05) is 42.6 Å². The molecule has 1 aromatic heterocycles. The van der Waals surface area contributed by atoms with E-state index in [-0.39, 0.29) is 24.9 Å². The highest BCUT2D eigenvalue weighted by atomic mass is 16.6. The van der Waals surface area contributed by atoms with Crippen molar-refractivity contribution in [2.75, 3.05) is 40.3 Å². The van der Waals surface area contributed by atoms with Crippen LogP contribution in [0.25, 0.3) is 22.0 Å². The van der Waals surface area contributed by atoms with E-state index in [1.165, 1.54) is 0 Å². The van der Waals surface area contributed by atoms with Gasteiger partial charge in [-0.1, -0.05) is 18.2 Å². The van der Waals surface area contributed by atoms with Gasteiger partial charge in [0.15, 0.2) is 0 Å². The predicted octanol–water partition coefficient (Wildman–Crippen LogP) is 3.38. The largest absolute Gasteiger partial charge is 0.444 e. The molecule has 0 saturated heterocycles. The summed E-state index contributed by atoms with van der Waals surface area (Å²) in [7, 11) is 3.93. The number of likely N-dealkylation sites (N-methyl/N-ethyl adjacent to an activating group) is 1. The Morgan fingerprint density at radius 2 is 1.47 bits per heavy atom. The van der Waals surface area contributed by atoms with Gasteiger partial charge in [-0.05, 0) is 76.3 Å². The summed E-state index contributed by atoms with van der Waals surface area (Å²) < 4.78 is 5.17. The molecule has 3 amide bonds. The molecule has 9 heteroatoms. The molecule has 0 spiro atoms. The summed E-state index contributed by atoms with van der Waals surface area (Å²) in [6, 6.07) is 15.1. The van der Waals surface area contributed by atoms with Crippen molar-refractivity contribution >= 4 is 28.8 Å². The maximum absolute atomic E-state index is 12.5. The molecule has 2 aromatic carbocycles. The molecule has 0 saturated carbocycles. The molecule has 0 fully saturated rings. The Labute approximate surface area is 211 Å². The van der Waals surface area contributed by atoms with E-state index in [0.717, 1.165) is 28.6 Å². The number of amides is 3. The van der Waals surface area contributed by atoms with Crippen molar-refractivity contribution in [3.8, 4) is 11.1 Å². The zero-order valence-corrected chi connectivity index (χ0v) is 21.5. The lowest BCUT2D eigenvalue weighted by Crippen LogP contribution is -2.37. The van der Waals surface area contributed by atoms with Crippen LogP contribution in [0.3, 0.4) is 0 Å². The van der Waals surface area contributed by atoms with Gasteiger partial charge in [0.25, 0.3) is 11.8 Å². The first-order valence-corrected chi connectivity index (χ1v) is 11.9. The second-order valence-electron chi connectivity index (χ2n) is 9.81. The van der Waals surface area contributed by atoms with Gasteiger partial charge in [-0.2, -0.15) is 0 Å². The molecule has 0 aliphatic heterocycles. The van der Waals surface area contributed by atoms with E-state index in [1.807, 2.05) is 61.5 Å². The van der Waals surface area contributed by atoms with Crippen molar-refractivity contribution in [1.29, 1.82) is 0 Å². The molecule has 0 aliphatic carbocycles. The van der Waals surface area contributed by atoms with E-state index in [9.17, 15) is 14.4 Å². The number of nitrogens with one attached hydrogen (secondary N) is 4. The van der Waals surface area contributed by atoms with E-state index in [2.05, 4.69) is 20.9 Å². The zero-order valence-electron chi connectivity index (χ0n) is 21.5. The maximum Gasteiger partial charge on any atom is 0.407 e. The fourth-order valence-electron chi connectivity index (χ4n) is 3.49. The molecule has 0 unspecified atom stereocenters. The number of carbonyl (C=O) groups excluding carboxylic acids is 3. The monoisotopic (exact) mass is 493 g/mol. The SMILES string of the molecule is CN(C)CCNC(=O)c1ccc(-c2ccc3[nH]c(C(=O)NCCNC(=O)OC(C)(C)C)cc3c2)cc1. The number of benzene rings is 2. The minimum absolute atomic E-state index is 0.0959. The summed E-state index contributed by atoms with van der Waals surface area (Å²) in [5.74, 6) is -0.357. The Kier molecular flexibility index (Phi) is 8.71. The van der Waals surface area contributed by atoms with Crippen LogP contribution in [0.15, 0.2) is 48.5 Å². The van der Waals surface area contributed by atoms with Crippen LogP contribution in [-0.2, 0) is 4.74 Å². The van der Waals surface area contributed by atoms with E-state index < -0.39 is 11.7 Å². The van der Waals surface area contributed by atoms with Crippen molar-refractivity contribution in [2.24, 2.45) is 0 Å². The molecule has 3 rings (SSSR count). The van der Waals surface area contributed by atoms with Gasteiger partial charge in [-0.15, -0.1) is 0 Å². The van der Waals surface area contributed by atoms with Gasteiger partial charge in [0.2, 0.25) is 0 Å².